The molecule has 102 valence electrons. The molecule has 0 bridgehead atoms. The maximum atomic E-state index is 5.72. The predicted octanol–water partition coefficient (Wildman–Crippen LogP) is 2.74. The Hall–Kier alpha value is -0.120. The van der Waals surface area contributed by atoms with Gasteiger partial charge in [0.05, 0.1) is 5.60 Å². The van der Waals surface area contributed by atoms with Gasteiger partial charge < -0.3 is 14.8 Å². The van der Waals surface area contributed by atoms with Gasteiger partial charge in [0.25, 0.3) is 0 Å². The lowest BCUT2D eigenvalue weighted by Crippen LogP contribution is -2.46. The first-order chi connectivity index (χ1) is 8.26. The van der Waals surface area contributed by atoms with E-state index in [1.165, 1.54) is 32.1 Å². The highest BCUT2D eigenvalue weighted by Gasteiger charge is 2.38. The fourth-order valence-corrected chi connectivity index (χ4v) is 2.61. The van der Waals surface area contributed by atoms with Crippen LogP contribution in [0.25, 0.3) is 0 Å². The van der Waals surface area contributed by atoms with Crippen molar-refractivity contribution in [1.29, 1.82) is 0 Å². The number of methoxy groups -OCH3 is 2. The summed E-state index contributed by atoms with van der Waals surface area (Å²) < 4.78 is 10.9. The maximum absolute atomic E-state index is 5.72. The monoisotopic (exact) mass is 243 g/mol. The Bertz CT molecular complexity index is 187. The minimum atomic E-state index is 0.179. The van der Waals surface area contributed by atoms with E-state index in [9.17, 15) is 0 Å². The van der Waals surface area contributed by atoms with Gasteiger partial charge in [0, 0.05) is 26.9 Å². The number of rotatable bonds is 10. The molecule has 0 radical (unpaired) electrons. The number of ether oxygens (including phenoxy) is 2. The highest BCUT2D eigenvalue weighted by molar-refractivity contribution is 4.93. The van der Waals surface area contributed by atoms with E-state index in [0.29, 0.717) is 6.04 Å². The summed E-state index contributed by atoms with van der Waals surface area (Å²) in [5.74, 6) is 0. The fourth-order valence-electron chi connectivity index (χ4n) is 2.61. The van der Waals surface area contributed by atoms with Gasteiger partial charge in [-0.1, -0.05) is 6.92 Å². The van der Waals surface area contributed by atoms with Crippen LogP contribution in [0.3, 0.4) is 0 Å². The average Bonchev–Trinajstić information content (AvgIpc) is 2.30. The number of nitrogens with one attached hydrogen (secondary N) is 1. The van der Waals surface area contributed by atoms with Crippen molar-refractivity contribution in [2.45, 2.75) is 63.5 Å². The van der Waals surface area contributed by atoms with Crippen LogP contribution in [0.1, 0.15) is 51.9 Å². The maximum Gasteiger partial charge on any atom is 0.0693 e. The predicted molar refractivity (Wildman–Crippen MR) is 71.4 cm³/mol. The topological polar surface area (TPSA) is 30.5 Å². The normalized spacial score (nSPS) is 19.9. The van der Waals surface area contributed by atoms with Crippen molar-refractivity contribution in [3.63, 3.8) is 0 Å². The number of hydrogen-bond acceptors (Lipinski definition) is 3. The Morgan fingerprint density at radius 1 is 1.29 bits per heavy atom. The molecule has 3 heteroatoms. The molecule has 0 aromatic rings. The van der Waals surface area contributed by atoms with Crippen LogP contribution in [-0.4, -0.2) is 39.0 Å². The molecule has 0 aromatic heterocycles. The van der Waals surface area contributed by atoms with Crippen molar-refractivity contribution >= 4 is 0 Å². The minimum absolute atomic E-state index is 0.179. The van der Waals surface area contributed by atoms with E-state index in [1.807, 2.05) is 7.11 Å². The quantitative estimate of drug-likeness (QED) is 0.598. The zero-order valence-electron chi connectivity index (χ0n) is 11.8. The van der Waals surface area contributed by atoms with Crippen LogP contribution in [0, 0.1) is 0 Å². The molecule has 1 N–H and O–H groups in total. The summed E-state index contributed by atoms with van der Waals surface area (Å²) in [4.78, 5) is 0. The molecule has 0 aliphatic heterocycles. The average molecular weight is 243 g/mol. The zero-order valence-corrected chi connectivity index (χ0v) is 11.8. The van der Waals surface area contributed by atoms with E-state index in [-0.39, 0.29) is 5.60 Å². The van der Waals surface area contributed by atoms with Crippen molar-refractivity contribution in [3.05, 3.63) is 0 Å². The smallest absolute Gasteiger partial charge is 0.0693 e. The summed E-state index contributed by atoms with van der Waals surface area (Å²) >= 11 is 0. The summed E-state index contributed by atoms with van der Waals surface area (Å²) in [5.41, 5.74) is 0.179. The molecule has 0 spiro atoms. The van der Waals surface area contributed by atoms with Crippen LogP contribution >= 0.6 is 0 Å². The highest BCUT2D eigenvalue weighted by Crippen LogP contribution is 2.39. The van der Waals surface area contributed by atoms with Gasteiger partial charge in [0.2, 0.25) is 0 Å². The van der Waals surface area contributed by atoms with E-state index < -0.39 is 0 Å². The van der Waals surface area contributed by atoms with Crippen LogP contribution < -0.4 is 5.32 Å². The van der Waals surface area contributed by atoms with Crippen LogP contribution in [0.15, 0.2) is 0 Å². The van der Waals surface area contributed by atoms with Gasteiger partial charge in [0.1, 0.15) is 0 Å². The first-order valence-electron chi connectivity index (χ1n) is 7.04. The molecule has 0 saturated heterocycles. The van der Waals surface area contributed by atoms with Crippen LogP contribution in [0.2, 0.25) is 0 Å². The van der Waals surface area contributed by atoms with Gasteiger partial charge in [-0.2, -0.15) is 0 Å². The van der Waals surface area contributed by atoms with E-state index in [0.717, 1.165) is 26.0 Å². The molecule has 1 saturated carbocycles. The van der Waals surface area contributed by atoms with E-state index in [4.69, 9.17) is 9.47 Å². The molecule has 3 nitrogen and oxygen atoms in total. The molecule has 1 aliphatic rings. The Balaban J connectivity index is 2.33. The van der Waals surface area contributed by atoms with Crippen molar-refractivity contribution in [3.8, 4) is 0 Å². The lowest BCUT2D eigenvalue weighted by molar-refractivity contribution is -0.0841. The number of hydrogen-bond donors (Lipinski definition) is 1. The molecular formula is C14H29NO2. The third kappa shape index (κ3) is 4.94. The lowest BCUT2D eigenvalue weighted by Gasteiger charge is -2.43. The van der Waals surface area contributed by atoms with Crippen molar-refractivity contribution < 1.29 is 9.47 Å². The van der Waals surface area contributed by atoms with Crippen LogP contribution in [0.5, 0.6) is 0 Å². The second-order valence-corrected chi connectivity index (χ2v) is 5.23. The van der Waals surface area contributed by atoms with Gasteiger partial charge in [-0.3, -0.25) is 0 Å². The molecule has 1 atom stereocenters. The third-order valence-electron chi connectivity index (χ3n) is 3.90. The lowest BCUT2D eigenvalue weighted by atomic mass is 9.75. The van der Waals surface area contributed by atoms with Crippen LogP contribution in [0.4, 0.5) is 0 Å². The minimum Gasteiger partial charge on any atom is -0.385 e. The molecule has 1 aliphatic carbocycles. The Morgan fingerprint density at radius 3 is 2.53 bits per heavy atom. The van der Waals surface area contributed by atoms with E-state index in [2.05, 4.69) is 12.2 Å². The summed E-state index contributed by atoms with van der Waals surface area (Å²) in [7, 11) is 3.64. The largest absolute Gasteiger partial charge is 0.385 e. The Labute approximate surface area is 106 Å². The molecular weight excluding hydrogens is 214 g/mol. The Morgan fingerprint density at radius 2 is 2.06 bits per heavy atom. The first-order valence-corrected chi connectivity index (χ1v) is 7.04. The summed E-state index contributed by atoms with van der Waals surface area (Å²) in [6.45, 7) is 4.19. The molecule has 0 heterocycles. The SMILES string of the molecule is CCCNC(CCCOC)CC1(OC)CCC1. The van der Waals surface area contributed by atoms with Gasteiger partial charge in [-0.25, -0.2) is 0 Å². The van der Waals surface area contributed by atoms with Gasteiger partial charge in [-0.05, 0) is 51.5 Å². The van der Waals surface area contributed by atoms with Crippen LogP contribution in [-0.2, 0) is 9.47 Å². The molecule has 17 heavy (non-hydrogen) atoms. The summed E-state index contributed by atoms with van der Waals surface area (Å²) in [6, 6.07) is 0.588. The van der Waals surface area contributed by atoms with E-state index in [1.54, 1.807) is 7.11 Å². The first kappa shape index (κ1) is 14.9. The summed E-state index contributed by atoms with van der Waals surface area (Å²) in [6.07, 6.45) is 8.48. The molecule has 0 aromatic carbocycles. The molecule has 1 fully saturated rings. The molecule has 0 amide bonds. The second-order valence-electron chi connectivity index (χ2n) is 5.23. The fraction of sp³-hybridized carbons (Fsp3) is 1.00. The molecule has 1 unspecified atom stereocenters. The Kier molecular flexibility index (Phi) is 7.09. The van der Waals surface area contributed by atoms with Gasteiger partial charge in [-0.15, -0.1) is 0 Å². The van der Waals surface area contributed by atoms with Gasteiger partial charge >= 0.3 is 0 Å². The molecule has 1 rings (SSSR count). The van der Waals surface area contributed by atoms with Crippen molar-refractivity contribution in [1.82, 2.24) is 5.32 Å². The van der Waals surface area contributed by atoms with Gasteiger partial charge in [0.15, 0.2) is 0 Å². The third-order valence-corrected chi connectivity index (χ3v) is 3.90. The highest BCUT2D eigenvalue weighted by atomic mass is 16.5. The zero-order chi connectivity index (χ0) is 12.6. The van der Waals surface area contributed by atoms with Crippen molar-refractivity contribution in [2.24, 2.45) is 0 Å². The summed E-state index contributed by atoms with van der Waals surface area (Å²) in [5, 5.41) is 3.65. The van der Waals surface area contributed by atoms with Crippen molar-refractivity contribution in [2.75, 3.05) is 27.4 Å². The standard InChI is InChI=1S/C14H29NO2/c1-4-10-15-13(7-5-11-16-2)12-14(17-3)8-6-9-14/h13,15H,4-12H2,1-3H3. The second kappa shape index (κ2) is 8.06. The van der Waals surface area contributed by atoms with E-state index >= 15 is 0 Å².